The van der Waals surface area contributed by atoms with E-state index in [0.29, 0.717) is 5.92 Å². The number of nitrogens with zero attached hydrogens (tertiary/aromatic N) is 1. The van der Waals surface area contributed by atoms with Crippen molar-refractivity contribution in [2.75, 3.05) is 14.1 Å². The monoisotopic (exact) mass is 301 g/mol. The van der Waals surface area contributed by atoms with Crippen molar-refractivity contribution in [1.29, 1.82) is 0 Å². The number of carbonyl (C=O) groups excluding carboxylic acids is 1. The van der Waals surface area contributed by atoms with E-state index in [1.165, 1.54) is 17.2 Å². The Morgan fingerprint density at radius 3 is 2.36 bits per heavy atom. The zero-order chi connectivity index (χ0) is 15.9. The van der Waals surface area contributed by atoms with E-state index in [2.05, 4.69) is 43.3 Å². The predicted molar refractivity (Wildman–Crippen MR) is 89.7 cm³/mol. The quantitative estimate of drug-likeness (QED) is 0.610. The molecule has 0 aliphatic heterocycles. The molecule has 1 aromatic rings. The fourth-order valence-corrected chi connectivity index (χ4v) is 3.11. The molecule has 0 saturated heterocycles. The van der Waals surface area contributed by atoms with E-state index >= 15 is 0 Å². The van der Waals surface area contributed by atoms with Crippen molar-refractivity contribution in [3.63, 3.8) is 0 Å². The second kappa shape index (κ2) is 8.14. The van der Waals surface area contributed by atoms with Gasteiger partial charge >= 0.3 is 5.97 Å². The molecule has 22 heavy (non-hydrogen) atoms. The van der Waals surface area contributed by atoms with Gasteiger partial charge in [0.05, 0.1) is 0 Å². The van der Waals surface area contributed by atoms with Crippen molar-refractivity contribution >= 4 is 5.97 Å². The summed E-state index contributed by atoms with van der Waals surface area (Å²) in [5, 5.41) is 0. The summed E-state index contributed by atoms with van der Waals surface area (Å²) in [6, 6.07) is 8.98. The third-order valence-corrected chi connectivity index (χ3v) is 4.21. The van der Waals surface area contributed by atoms with Gasteiger partial charge in [-0.25, -0.2) is 4.79 Å². The maximum absolute atomic E-state index is 11.5. The van der Waals surface area contributed by atoms with E-state index in [0.717, 1.165) is 32.2 Å². The Bertz CT molecular complexity index is 497. The molecule has 120 valence electrons. The standard InChI is InChI=1S/C19H27NO2/c1-4-5-19(21)22-18-12-10-17(11-13-18)16-8-6-15(7-9-16)14-20(2)3/h4-9,17-18H,10-14H2,1-3H3/t17-,18-. The lowest BCUT2D eigenvalue weighted by atomic mass is 9.82. The van der Waals surface area contributed by atoms with Gasteiger partial charge in [-0.3, -0.25) is 0 Å². The molecule has 0 unspecified atom stereocenters. The largest absolute Gasteiger partial charge is 0.459 e. The Hall–Kier alpha value is -1.61. The van der Waals surface area contributed by atoms with Crippen LogP contribution in [0.5, 0.6) is 0 Å². The number of ether oxygens (including phenoxy) is 1. The van der Waals surface area contributed by atoms with Gasteiger partial charge in [-0.15, -0.1) is 0 Å². The molecule has 1 aliphatic carbocycles. The van der Waals surface area contributed by atoms with Crippen LogP contribution in [0.4, 0.5) is 0 Å². The second-order valence-corrected chi connectivity index (χ2v) is 6.39. The van der Waals surface area contributed by atoms with Gasteiger partial charge in [0.15, 0.2) is 0 Å². The highest BCUT2D eigenvalue weighted by Crippen LogP contribution is 2.34. The minimum atomic E-state index is -0.209. The third-order valence-electron chi connectivity index (χ3n) is 4.21. The van der Waals surface area contributed by atoms with E-state index in [1.807, 2.05) is 6.92 Å². The van der Waals surface area contributed by atoms with Crippen LogP contribution in [0.25, 0.3) is 0 Å². The highest BCUT2D eigenvalue weighted by Gasteiger charge is 2.24. The van der Waals surface area contributed by atoms with Gasteiger partial charge in [0.2, 0.25) is 0 Å². The highest BCUT2D eigenvalue weighted by atomic mass is 16.5. The molecule has 0 amide bonds. The molecular weight excluding hydrogens is 274 g/mol. The minimum absolute atomic E-state index is 0.0907. The Labute approximate surface area is 134 Å². The molecule has 2 rings (SSSR count). The number of hydrogen-bond donors (Lipinski definition) is 0. The molecule has 0 N–H and O–H groups in total. The van der Waals surface area contributed by atoms with Crippen LogP contribution in [0.2, 0.25) is 0 Å². The summed E-state index contributed by atoms with van der Waals surface area (Å²) >= 11 is 0. The average molecular weight is 301 g/mol. The van der Waals surface area contributed by atoms with Gasteiger partial charge in [0.25, 0.3) is 0 Å². The van der Waals surface area contributed by atoms with Crippen LogP contribution < -0.4 is 0 Å². The maximum Gasteiger partial charge on any atom is 0.330 e. The normalized spacial score (nSPS) is 22.2. The summed E-state index contributed by atoms with van der Waals surface area (Å²) in [5.74, 6) is 0.393. The topological polar surface area (TPSA) is 29.5 Å². The lowest BCUT2D eigenvalue weighted by Crippen LogP contribution is -2.23. The number of carbonyl (C=O) groups is 1. The lowest BCUT2D eigenvalue weighted by molar-refractivity contribution is -0.144. The first-order chi connectivity index (χ1) is 10.6. The number of hydrogen-bond acceptors (Lipinski definition) is 3. The third kappa shape index (κ3) is 4.99. The van der Waals surface area contributed by atoms with Crippen molar-refractivity contribution in [1.82, 2.24) is 4.90 Å². The maximum atomic E-state index is 11.5. The van der Waals surface area contributed by atoms with Gasteiger partial charge in [-0.05, 0) is 63.7 Å². The van der Waals surface area contributed by atoms with Crippen molar-refractivity contribution < 1.29 is 9.53 Å². The number of benzene rings is 1. The van der Waals surface area contributed by atoms with Gasteiger partial charge in [-0.1, -0.05) is 30.3 Å². The van der Waals surface area contributed by atoms with E-state index in [1.54, 1.807) is 6.08 Å². The van der Waals surface area contributed by atoms with E-state index in [4.69, 9.17) is 4.74 Å². The highest BCUT2D eigenvalue weighted by molar-refractivity contribution is 5.81. The van der Waals surface area contributed by atoms with Gasteiger partial charge in [-0.2, -0.15) is 0 Å². The first kappa shape index (κ1) is 16.8. The van der Waals surface area contributed by atoms with Crippen LogP contribution >= 0.6 is 0 Å². The van der Waals surface area contributed by atoms with E-state index < -0.39 is 0 Å². The molecule has 0 atom stereocenters. The van der Waals surface area contributed by atoms with Crippen LogP contribution in [-0.2, 0) is 16.1 Å². The molecule has 1 saturated carbocycles. The first-order valence-electron chi connectivity index (χ1n) is 8.15. The van der Waals surface area contributed by atoms with Gasteiger partial charge < -0.3 is 9.64 Å². The van der Waals surface area contributed by atoms with Crippen molar-refractivity contribution in [2.45, 2.75) is 51.2 Å². The summed E-state index contributed by atoms with van der Waals surface area (Å²) < 4.78 is 5.45. The van der Waals surface area contributed by atoms with Crippen molar-refractivity contribution in [2.24, 2.45) is 0 Å². The molecule has 1 aromatic carbocycles. The van der Waals surface area contributed by atoms with Crippen LogP contribution in [0.3, 0.4) is 0 Å². The molecule has 0 radical (unpaired) electrons. The number of allylic oxidation sites excluding steroid dienone is 1. The summed E-state index contributed by atoms with van der Waals surface area (Å²) in [6.45, 7) is 2.81. The lowest BCUT2D eigenvalue weighted by Gasteiger charge is -2.28. The predicted octanol–water partition coefficient (Wildman–Crippen LogP) is 3.89. The molecular formula is C19H27NO2. The van der Waals surface area contributed by atoms with Gasteiger partial charge in [0, 0.05) is 12.6 Å². The Morgan fingerprint density at radius 2 is 1.82 bits per heavy atom. The number of esters is 1. The fraction of sp³-hybridized carbons (Fsp3) is 0.526. The Balaban J connectivity index is 1.85. The SMILES string of the molecule is CC=CC(=O)O[C@H]1CC[C@H](c2ccc(CN(C)C)cc2)CC1. The molecule has 3 heteroatoms. The molecule has 0 aromatic heterocycles. The first-order valence-corrected chi connectivity index (χ1v) is 8.15. The van der Waals surface area contributed by atoms with Crippen LogP contribution in [0, 0.1) is 0 Å². The summed E-state index contributed by atoms with van der Waals surface area (Å²) in [7, 11) is 4.18. The average Bonchev–Trinajstić information content (AvgIpc) is 2.48. The van der Waals surface area contributed by atoms with Crippen LogP contribution in [0.15, 0.2) is 36.4 Å². The zero-order valence-corrected chi connectivity index (χ0v) is 13.9. The fourth-order valence-electron chi connectivity index (χ4n) is 3.11. The second-order valence-electron chi connectivity index (χ2n) is 6.39. The zero-order valence-electron chi connectivity index (χ0n) is 13.9. The Morgan fingerprint density at radius 1 is 1.18 bits per heavy atom. The van der Waals surface area contributed by atoms with E-state index in [9.17, 15) is 4.79 Å². The Kier molecular flexibility index (Phi) is 6.20. The minimum Gasteiger partial charge on any atom is -0.459 e. The van der Waals surface area contributed by atoms with E-state index in [-0.39, 0.29) is 12.1 Å². The molecule has 0 heterocycles. The summed E-state index contributed by atoms with van der Waals surface area (Å²) in [4.78, 5) is 13.7. The summed E-state index contributed by atoms with van der Waals surface area (Å²) in [6.07, 6.45) is 7.44. The van der Waals surface area contributed by atoms with Gasteiger partial charge in [0.1, 0.15) is 6.10 Å². The van der Waals surface area contributed by atoms with Crippen molar-refractivity contribution in [3.05, 3.63) is 47.5 Å². The molecule has 1 fully saturated rings. The molecule has 3 nitrogen and oxygen atoms in total. The summed E-state index contributed by atoms with van der Waals surface area (Å²) in [5.41, 5.74) is 2.77. The molecule has 0 bridgehead atoms. The van der Waals surface area contributed by atoms with Crippen molar-refractivity contribution in [3.8, 4) is 0 Å². The van der Waals surface area contributed by atoms with Crippen LogP contribution in [-0.4, -0.2) is 31.1 Å². The molecule has 0 spiro atoms. The smallest absolute Gasteiger partial charge is 0.330 e. The molecule has 1 aliphatic rings. The number of rotatable bonds is 5. The van der Waals surface area contributed by atoms with Crippen LogP contribution in [0.1, 0.15) is 49.7 Å².